The number of fused-ring (bicyclic) bond motifs is 3. The fourth-order valence-corrected chi connectivity index (χ4v) is 5.42. The molecular formula is C36H25ClFN5O3. The Bertz CT molecular complexity index is 2280. The minimum atomic E-state index is -0.329. The summed E-state index contributed by atoms with van der Waals surface area (Å²) in [6.45, 7) is 0.171. The molecule has 46 heavy (non-hydrogen) atoms. The topological polar surface area (TPSA) is 98.3 Å². The molecule has 1 amide bonds. The zero-order valence-corrected chi connectivity index (χ0v) is 25.2. The molecule has 2 N–H and O–H groups in total. The van der Waals surface area contributed by atoms with Gasteiger partial charge in [-0.15, -0.1) is 0 Å². The number of nitrogens with zero attached hydrogens (tertiary/aromatic N) is 3. The van der Waals surface area contributed by atoms with Gasteiger partial charge in [0, 0.05) is 33.5 Å². The first kappa shape index (κ1) is 28.9. The van der Waals surface area contributed by atoms with Crippen molar-refractivity contribution in [3.05, 3.63) is 131 Å². The number of para-hydroxylation sites is 1. The zero-order chi connectivity index (χ0) is 31.6. The number of methoxy groups -OCH3 is 1. The van der Waals surface area contributed by atoms with Crippen molar-refractivity contribution in [1.82, 2.24) is 15.0 Å². The molecule has 0 spiro atoms. The van der Waals surface area contributed by atoms with Crippen molar-refractivity contribution < 1.29 is 18.7 Å². The summed E-state index contributed by atoms with van der Waals surface area (Å²) in [5.74, 6) is 0.762. The van der Waals surface area contributed by atoms with E-state index in [4.69, 9.17) is 26.1 Å². The highest BCUT2D eigenvalue weighted by Gasteiger charge is 2.16. The van der Waals surface area contributed by atoms with Gasteiger partial charge in [-0.2, -0.15) is 0 Å². The molecule has 0 radical (unpaired) electrons. The average molecular weight is 630 g/mol. The molecule has 0 unspecified atom stereocenters. The number of pyridine rings is 1. The molecule has 0 aliphatic carbocycles. The van der Waals surface area contributed by atoms with Crippen LogP contribution in [0.15, 0.2) is 109 Å². The minimum Gasteiger partial charge on any atom is -0.494 e. The van der Waals surface area contributed by atoms with Gasteiger partial charge in [-0.25, -0.2) is 19.3 Å². The van der Waals surface area contributed by atoms with Crippen molar-refractivity contribution in [2.45, 2.75) is 6.61 Å². The summed E-state index contributed by atoms with van der Waals surface area (Å²) in [7, 11) is 1.53. The summed E-state index contributed by atoms with van der Waals surface area (Å²) >= 11 is 6.52. The Kier molecular flexibility index (Phi) is 7.74. The summed E-state index contributed by atoms with van der Waals surface area (Å²) in [5, 5.41) is 9.14. The summed E-state index contributed by atoms with van der Waals surface area (Å²) < 4.78 is 24.9. The first-order valence-corrected chi connectivity index (χ1v) is 14.7. The van der Waals surface area contributed by atoms with Crippen LogP contribution in [-0.4, -0.2) is 28.0 Å². The number of anilines is 3. The fourth-order valence-electron chi connectivity index (χ4n) is 5.19. The second kappa shape index (κ2) is 12.3. The Morgan fingerprint density at radius 2 is 1.70 bits per heavy atom. The Morgan fingerprint density at radius 1 is 0.826 bits per heavy atom. The summed E-state index contributed by atoms with van der Waals surface area (Å²) in [4.78, 5) is 27.0. The second-order valence-electron chi connectivity index (χ2n) is 10.5. The number of halogens is 2. The van der Waals surface area contributed by atoms with Crippen LogP contribution < -0.4 is 20.1 Å². The first-order chi connectivity index (χ1) is 22.4. The van der Waals surface area contributed by atoms with Gasteiger partial charge in [0.25, 0.3) is 5.91 Å². The summed E-state index contributed by atoms with van der Waals surface area (Å²) in [6, 6.07) is 30.2. The van der Waals surface area contributed by atoms with Crippen molar-refractivity contribution in [1.29, 1.82) is 0 Å². The zero-order valence-electron chi connectivity index (χ0n) is 24.4. The van der Waals surface area contributed by atoms with Gasteiger partial charge >= 0.3 is 0 Å². The molecule has 226 valence electrons. The number of aromatic nitrogens is 3. The predicted molar refractivity (Wildman–Crippen MR) is 179 cm³/mol. The molecule has 10 heteroatoms. The minimum absolute atomic E-state index is 0.171. The second-order valence-corrected chi connectivity index (χ2v) is 10.9. The van der Waals surface area contributed by atoms with E-state index in [0.29, 0.717) is 55.7 Å². The van der Waals surface area contributed by atoms with Gasteiger partial charge in [-0.05, 0) is 72.3 Å². The van der Waals surface area contributed by atoms with Crippen molar-refractivity contribution in [2.24, 2.45) is 0 Å². The van der Waals surface area contributed by atoms with Crippen LogP contribution in [-0.2, 0) is 6.61 Å². The van der Waals surface area contributed by atoms with E-state index in [1.54, 1.807) is 48.5 Å². The molecule has 0 atom stereocenters. The number of amides is 1. The molecule has 7 rings (SSSR count). The highest BCUT2D eigenvalue weighted by Crippen LogP contribution is 2.35. The normalized spacial score (nSPS) is 11.1. The number of hydrogen-bond acceptors (Lipinski definition) is 7. The molecule has 0 fully saturated rings. The summed E-state index contributed by atoms with van der Waals surface area (Å²) in [5.41, 5.74) is 4.58. The quantitative estimate of drug-likeness (QED) is 0.162. The maximum absolute atomic E-state index is 13.5. The molecule has 0 saturated heterocycles. The lowest BCUT2D eigenvalue weighted by molar-refractivity contribution is 0.102. The molecule has 5 aromatic carbocycles. The van der Waals surface area contributed by atoms with Gasteiger partial charge in [0.05, 0.1) is 34.4 Å². The van der Waals surface area contributed by atoms with Crippen LogP contribution in [0.4, 0.5) is 21.6 Å². The lowest BCUT2D eigenvalue weighted by atomic mass is 10.1. The van der Waals surface area contributed by atoms with Crippen LogP contribution in [0.3, 0.4) is 0 Å². The van der Waals surface area contributed by atoms with Crippen LogP contribution in [0.5, 0.6) is 11.5 Å². The van der Waals surface area contributed by atoms with Gasteiger partial charge in [-0.3, -0.25) is 4.79 Å². The largest absolute Gasteiger partial charge is 0.494 e. The van der Waals surface area contributed by atoms with E-state index in [2.05, 4.69) is 20.6 Å². The number of ether oxygens (including phenoxy) is 2. The number of benzene rings is 5. The molecule has 0 bridgehead atoms. The van der Waals surface area contributed by atoms with Gasteiger partial charge in [-0.1, -0.05) is 41.9 Å². The van der Waals surface area contributed by atoms with Gasteiger partial charge < -0.3 is 20.1 Å². The van der Waals surface area contributed by atoms with Crippen molar-refractivity contribution in [2.75, 3.05) is 17.7 Å². The average Bonchev–Trinajstić information content (AvgIpc) is 3.06. The highest BCUT2D eigenvalue weighted by molar-refractivity contribution is 6.32. The highest BCUT2D eigenvalue weighted by atomic mass is 35.5. The Balaban J connectivity index is 1.14. The van der Waals surface area contributed by atoms with E-state index < -0.39 is 0 Å². The van der Waals surface area contributed by atoms with Crippen LogP contribution in [0.25, 0.3) is 32.7 Å². The maximum Gasteiger partial charge on any atom is 0.255 e. The molecule has 0 aliphatic heterocycles. The molecule has 2 aromatic heterocycles. The number of hydrogen-bond donors (Lipinski definition) is 2. The van der Waals surface area contributed by atoms with Crippen LogP contribution in [0.1, 0.15) is 15.9 Å². The number of carbonyl (C=O) groups is 1. The predicted octanol–water partition coefficient (Wildman–Crippen LogP) is 8.71. The third kappa shape index (κ3) is 5.96. The smallest absolute Gasteiger partial charge is 0.255 e. The lowest BCUT2D eigenvalue weighted by Gasteiger charge is -2.15. The maximum atomic E-state index is 13.5. The SMILES string of the molecule is COc1cc2ncnc(Nc3ccc(OCc4cccc(F)c4)c(Cl)c3)c2cc1NC(=O)c1ccc2nc3ccccc3cc2c1. The third-order valence-electron chi connectivity index (χ3n) is 7.46. The molecule has 7 aromatic rings. The van der Waals surface area contributed by atoms with E-state index in [1.807, 2.05) is 42.5 Å². The lowest BCUT2D eigenvalue weighted by Crippen LogP contribution is -2.13. The van der Waals surface area contributed by atoms with Crippen molar-refractivity contribution in [3.63, 3.8) is 0 Å². The summed E-state index contributed by atoms with van der Waals surface area (Å²) in [6.07, 6.45) is 1.44. The first-order valence-electron chi connectivity index (χ1n) is 14.3. The van der Waals surface area contributed by atoms with Gasteiger partial charge in [0.2, 0.25) is 0 Å². The van der Waals surface area contributed by atoms with Crippen molar-refractivity contribution in [3.8, 4) is 11.5 Å². The monoisotopic (exact) mass is 629 g/mol. The third-order valence-corrected chi connectivity index (χ3v) is 7.76. The number of carbonyl (C=O) groups excluding carboxylic acids is 1. The molecule has 2 heterocycles. The fraction of sp³-hybridized carbons (Fsp3) is 0.0556. The van der Waals surface area contributed by atoms with Crippen LogP contribution in [0, 0.1) is 5.82 Å². The van der Waals surface area contributed by atoms with E-state index in [1.165, 1.54) is 25.6 Å². The van der Waals surface area contributed by atoms with E-state index in [0.717, 1.165) is 21.8 Å². The van der Waals surface area contributed by atoms with Crippen LogP contribution >= 0.6 is 11.6 Å². The molecule has 0 aliphatic rings. The molecule has 8 nitrogen and oxygen atoms in total. The Hall–Kier alpha value is -5.80. The van der Waals surface area contributed by atoms with Gasteiger partial charge in [0.1, 0.15) is 36.1 Å². The van der Waals surface area contributed by atoms with E-state index >= 15 is 0 Å². The van der Waals surface area contributed by atoms with E-state index in [-0.39, 0.29) is 18.3 Å². The standard InChI is InChI=1S/C36H25ClFN5O3/c1-45-34-18-31-27(17-32(34)43-36(44)23-9-11-30-24(15-23)14-22-6-2-3-8-29(22)42-30)35(40-20-39-31)41-26-10-12-33(28(37)16-26)46-19-21-5-4-7-25(38)13-21/h2-18,20H,19H2,1H3,(H,43,44)(H,39,40,41). The number of nitrogens with one attached hydrogen (secondary N) is 2. The van der Waals surface area contributed by atoms with Gasteiger partial charge in [0.15, 0.2) is 0 Å². The number of rotatable bonds is 8. The van der Waals surface area contributed by atoms with Crippen molar-refractivity contribution >= 4 is 67.4 Å². The Morgan fingerprint density at radius 3 is 2.54 bits per heavy atom. The Labute approximate surface area is 267 Å². The molecular weight excluding hydrogens is 605 g/mol. The van der Waals surface area contributed by atoms with Crippen LogP contribution in [0.2, 0.25) is 5.02 Å². The molecule has 0 saturated carbocycles. The van der Waals surface area contributed by atoms with E-state index in [9.17, 15) is 9.18 Å².